The quantitative estimate of drug-likeness (QED) is 0.421. The molecule has 0 heterocycles. The van der Waals surface area contributed by atoms with E-state index in [4.69, 9.17) is 0 Å². The smallest absolute Gasteiger partial charge is 0.223 e. The summed E-state index contributed by atoms with van der Waals surface area (Å²) in [7, 11) is 0. The van der Waals surface area contributed by atoms with E-state index in [0.29, 0.717) is 6.42 Å². The van der Waals surface area contributed by atoms with Crippen LogP contribution >= 0.6 is 0 Å². The third-order valence-electron chi connectivity index (χ3n) is 2.90. The zero-order valence-corrected chi connectivity index (χ0v) is 8.37. The number of hydrogen-bond donors (Lipinski definition) is 0. The fourth-order valence-corrected chi connectivity index (χ4v) is 2.09. The van der Waals surface area contributed by atoms with Gasteiger partial charge in [-0.05, 0) is 12.0 Å². The van der Waals surface area contributed by atoms with E-state index in [1.165, 1.54) is 0 Å². The van der Waals surface area contributed by atoms with Gasteiger partial charge in [0.15, 0.2) is 0 Å². The van der Waals surface area contributed by atoms with Crippen LogP contribution in [-0.4, -0.2) is 11.0 Å². The van der Waals surface area contributed by atoms with E-state index in [-0.39, 0.29) is 10.8 Å². The standard InChI is InChI=1S/C12H13NO2/c14-13(15)12-9-5-4-8-11(12)10-6-2-1-3-7-10/h1-7,11-12H,8-9H2/t11-,12+/m0/s1. The molecule has 0 radical (unpaired) electrons. The number of nitrogens with zero attached hydrogens (tertiary/aromatic N) is 1. The molecule has 0 spiro atoms. The molecule has 0 fully saturated rings. The molecule has 0 N–H and O–H groups in total. The predicted octanol–water partition coefficient (Wildman–Crippen LogP) is 2.77. The first-order chi connectivity index (χ1) is 7.29. The summed E-state index contributed by atoms with van der Waals surface area (Å²) in [6.07, 6.45) is 5.27. The molecule has 15 heavy (non-hydrogen) atoms. The molecule has 0 amide bonds. The van der Waals surface area contributed by atoms with Gasteiger partial charge in [-0.3, -0.25) is 10.1 Å². The topological polar surface area (TPSA) is 43.1 Å². The van der Waals surface area contributed by atoms with Gasteiger partial charge in [-0.2, -0.15) is 0 Å². The summed E-state index contributed by atoms with van der Waals surface area (Å²) in [5, 5.41) is 10.9. The lowest BCUT2D eigenvalue weighted by Crippen LogP contribution is -2.28. The van der Waals surface area contributed by atoms with Crippen molar-refractivity contribution in [3.63, 3.8) is 0 Å². The van der Waals surface area contributed by atoms with Crippen molar-refractivity contribution in [2.45, 2.75) is 24.8 Å². The predicted molar refractivity (Wildman–Crippen MR) is 58.3 cm³/mol. The highest BCUT2D eigenvalue weighted by atomic mass is 16.6. The largest absolute Gasteiger partial charge is 0.264 e. The maximum atomic E-state index is 10.9. The Morgan fingerprint density at radius 2 is 1.80 bits per heavy atom. The van der Waals surface area contributed by atoms with Gasteiger partial charge in [-0.15, -0.1) is 0 Å². The Morgan fingerprint density at radius 3 is 2.47 bits per heavy atom. The van der Waals surface area contributed by atoms with Gasteiger partial charge in [-0.25, -0.2) is 0 Å². The molecule has 2 atom stereocenters. The van der Waals surface area contributed by atoms with Gasteiger partial charge in [0.2, 0.25) is 6.04 Å². The molecular formula is C12H13NO2. The first-order valence-corrected chi connectivity index (χ1v) is 5.12. The maximum absolute atomic E-state index is 10.9. The third kappa shape index (κ3) is 2.06. The molecular weight excluding hydrogens is 190 g/mol. The van der Waals surface area contributed by atoms with Crippen molar-refractivity contribution in [2.75, 3.05) is 0 Å². The SMILES string of the molecule is O=[N+]([O-])[C@@H]1CC=CC[C@H]1c1ccccc1. The maximum Gasteiger partial charge on any atom is 0.223 e. The van der Waals surface area contributed by atoms with Crippen molar-refractivity contribution >= 4 is 0 Å². The number of benzene rings is 1. The summed E-state index contributed by atoms with van der Waals surface area (Å²) < 4.78 is 0. The molecule has 0 unspecified atom stereocenters. The molecule has 3 nitrogen and oxygen atoms in total. The number of hydrogen-bond acceptors (Lipinski definition) is 2. The van der Waals surface area contributed by atoms with Gasteiger partial charge < -0.3 is 0 Å². The van der Waals surface area contributed by atoms with Crippen LogP contribution in [0.25, 0.3) is 0 Å². The van der Waals surface area contributed by atoms with Crippen LogP contribution in [0.15, 0.2) is 42.5 Å². The number of nitro groups is 1. The Hall–Kier alpha value is -1.64. The molecule has 3 heteroatoms. The van der Waals surface area contributed by atoms with Gasteiger partial charge in [0, 0.05) is 11.3 Å². The van der Waals surface area contributed by atoms with Gasteiger partial charge in [0.25, 0.3) is 0 Å². The highest BCUT2D eigenvalue weighted by molar-refractivity contribution is 5.23. The Labute approximate surface area is 88.6 Å². The van der Waals surface area contributed by atoms with Crippen molar-refractivity contribution < 1.29 is 4.92 Å². The van der Waals surface area contributed by atoms with Crippen LogP contribution in [-0.2, 0) is 0 Å². The zero-order valence-electron chi connectivity index (χ0n) is 8.37. The average Bonchev–Trinajstić information content (AvgIpc) is 2.30. The van der Waals surface area contributed by atoms with E-state index < -0.39 is 6.04 Å². The Balaban J connectivity index is 2.27. The summed E-state index contributed by atoms with van der Waals surface area (Å²) in [4.78, 5) is 10.8. The molecule has 1 aliphatic carbocycles. The van der Waals surface area contributed by atoms with Crippen molar-refractivity contribution in [1.29, 1.82) is 0 Å². The van der Waals surface area contributed by atoms with E-state index in [9.17, 15) is 10.1 Å². The van der Waals surface area contributed by atoms with Gasteiger partial charge in [0.05, 0.1) is 5.92 Å². The van der Waals surface area contributed by atoms with Gasteiger partial charge >= 0.3 is 0 Å². The zero-order chi connectivity index (χ0) is 10.7. The summed E-state index contributed by atoms with van der Waals surface area (Å²) >= 11 is 0. The summed E-state index contributed by atoms with van der Waals surface area (Å²) in [6, 6.07) is 9.29. The molecule has 1 aromatic carbocycles. The molecule has 2 rings (SSSR count). The second-order valence-corrected chi connectivity index (χ2v) is 3.81. The van der Waals surface area contributed by atoms with Crippen LogP contribution in [0.2, 0.25) is 0 Å². The molecule has 0 aromatic heterocycles. The molecule has 0 aliphatic heterocycles. The highest BCUT2D eigenvalue weighted by Gasteiger charge is 2.32. The minimum atomic E-state index is -0.461. The van der Waals surface area contributed by atoms with E-state index in [1.807, 2.05) is 42.5 Å². The van der Waals surface area contributed by atoms with Gasteiger partial charge in [0.1, 0.15) is 0 Å². The minimum absolute atomic E-state index is 0.0335. The highest BCUT2D eigenvalue weighted by Crippen LogP contribution is 2.30. The first kappa shape index (κ1) is 9.90. The van der Waals surface area contributed by atoms with Crippen LogP contribution in [0.4, 0.5) is 0 Å². The van der Waals surface area contributed by atoms with E-state index >= 15 is 0 Å². The van der Waals surface area contributed by atoms with Crippen molar-refractivity contribution in [2.24, 2.45) is 0 Å². The third-order valence-corrected chi connectivity index (χ3v) is 2.90. The lowest BCUT2D eigenvalue weighted by molar-refractivity contribution is -0.526. The molecule has 0 saturated heterocycles. The molecule has 1 aromatic rings. The fraction of sp³-hybridized carbons (Fsp3) is 0.333. The van der Waals surface area contributed by atoms with Crippen molar-refractivity contribution in [1.82, 2.24) is 0 Å². The van der Waals surface area contributed by atoms with E-state index in [2.05, 4.69) is 0 Å². The van der Waals surface area contributed by atoms with Crippen LogP contribution in [0.5, 0.6) is 0 Å². The average molecular weight is 203 g/mol. The van der Waals surface area contributed by atoms with Crippen LogP contribution in [0.1, 0.15) is 24.3 Å². The van der Waals surface area contributed by atoms with Crippen molar-refractivity contribution in [3.05, 3.63) is 58.2 Å². The molecule has 0 saturated carbocycles. The lowest BCUT2D eigenvalue weighted by atomic mass is 9.84. The molecule has 78 valence electrons. The summed E-state index contributed by atoms with van der Waals surface area (Å²) in [6.45, 7) is 0. The van der Waals surface area contributed by atoms with Gasteiger partial charge in [-0.1, -0.05) is 42.5 Å². The van der Waals surface area contributed by atoms with Crippen molar-refractivity contribution in [3.8, 4) is 0 Å². The van der Waals surface area contributed by atoms with Crippen LogP contribution < -0.4 is 0 Å². The Bertz CT molecular complexity index is 372. The second kappa shape index (κ2) is 4.26. The molecule has 1 aliphatic rings. The van der Waals surface area contributed by atoms with E-state index in [0.717, 1.165) is 12.0 Å². The lowest BCUT2D eigenvalue weighted by Gasteiger charge is -2.22. The Morgan fingerprint density at radius 1 is 1.13 bits per heavy atom. The molecule has 0 bridgehead atoms. The second-order valence-electron chi connectivity index (χ2n) is 3.81. The Kier molecular flexibility index (Phi) is 2.81. The van der Waals surface area contributed by atoms with Crippen LogP contribution in [0.3, 0.4) is 0 Å². The number of rotatable bonds is 2. The summed E-state index contributed by atoms with van der Waals surface area (Å²) in [5.74, 6) is 0.0335. The normalized spacial score (nSPS) is 25.1. The summed E-state index contributed by atoms with van der Waals surface area (Å²) in [5.41, 5.74) is 1.07. The number of allylic oxidation sites excluding steroid dienone is 1. The first-order valence-electron chi connectivity index (χ1n) is 5.12. The fourth-order valence-electron chi connectivity index (χ4n) is 2.09. The minimum Gasteiger partial charge on any atom is -0.264 e. The monoisotopic (exact) mass is 203 g/mol. The van der Waals surface area contributed by atoms with Crippen LogP contribution in [0, 0.1) is 10.1 Å². The van der Waals surface area contributed by atoms with E-state index in [1.54, 1.807) is 0 Å².